The Morgan fingerprint density at radius 3 is 2.41 bits per heavy atom. The number of hydrogen-bond acceptors (Lipinski definition) is 8. The Hall–Kier alpha value is -2.19. The molecule has 0 aromatic heterocycles. The lowest BCUT2D eigenvalue weighted by Gasteiger charge is -2.31. The average molecular weight is 477 g/mol. The van der Waals surface area contributed by atoms with Crippen LogP contribution in [0.1, 0.15) is 67.7 Å². The number of fused-ring (bicyclic) bond motifs is 2. The molecule has 4 aliphatic rings. The largest absolute Gasteiger partial charge is 0.459 e. The van der Waals surface area contributed by atoms with E-state index in [0.717, 1.165) is 5.57 Å². The van der Waals surface area contributed by atoms with Crippen molar-refractivity contribution in [1.29, 1.82) is 0 Å². The molecule has 0 saturated carbocycles. The van der Waals surface area contributed by atoms with Crippen LogP contribution in [0.15, 0.2) is 23.8 Å². The van der Waals surface area contributed by atoms with Crippen LogP contribution in [0.25, 0.3) is 0 Å². The Morgan fingerprint density at radius 1 is 1.21 bits per heavy atom. The van der Waals surface area contributed by atoms with E-state index in [0.29, 0.717) is 19.3 Å². The maximum absolute atomic E-state index is 13.0. The lowest BCUT2D eigenvalue weighted by atomic mass is 9.78. The summed E-state index contributed by atoms with van der Waals surface area (Å²) in [4.78, 5) is 38.1. The van der Waals surface area contributed by atoms with Crippen molar-refractivity contribution in [2.24, 2.45) is 11.8 Å². The topological polar surface area (TPSA) is 104 Å². The third kappa shape index (κ3) is 4.09. The second-order valence-electron chi connectivity index (χ2n) is 10.8. The van der Waals surface area contributed by atoms with Crippen molar-refractivity contribution in [2.45, 2.75) is 109 Å². The van der Waals surface area contributed by atoms with E-state index in [1.807, 2.05) is 41.5 Å². The van der Waals surface area contributed by atoms with E-state index in [9.17, 15) is 14.4 Å². The quantitative estimate of drug-likeness (QED) is 0.195. The Labute approximate surface area is 201 Å². The summed E-state index contributed by atoms with van der Waals surface area (Å²) >= 11 is 0. The van der Waals surface area contributed by atoms with E-state index in [1.54, 1.807) is 13.0 Å². The van der Waals surface area contributed by atoms with Gasteiger partial charge in [0, 0.05) is 18.4 Å². The van der Waals surface area contributed by atoms with Crippen LogP contribution in [-0.2, 0) is 38.1 Å². The first-order valence-electron chi connectivity index (χ1n) is 12.1. The zero-order valence-electron chi connectivity index (χ0n) is 21.1. The summed E-state index contributed by atoms with van der Waals surface area (Å²) in [6.07, 6.45) is 1.10. The lowest BCUT2D eigenvalue weighted by Crippen LogP contribution is -2.42. The predicted octanol–water partition coefficient (Wildman–Crippen LogP) is 3.42. The van der Waals surface area contributed by atoms with Crippen LogP contribution in [0.2, 0.25) is 0 Å². The number of ether oxygens (including phenoxy) is 5. The fourth-order valence-electron chi connectivity index (χ4n) is 5.03. The third-order valence-electron chi connectivity index (χ3n) is 8.37. The van der Waals surface area contributed by atoms with Gasteiger partial charge >= 0.3 is 17.9 Å². The molecule has 1 aliphatic carbocycles. The fraction of sp³-hybridized carbons (Fsp3) is 0.731. The number of carbonyl (C=O) groups excluding carboxylic acids is 3. The van der Waals surface area contributed by atoms with Crippen molar-refractivity contribution in [3.05, 3.63) is 23.8 Å². The molecule has 8 heteroatoms. The van der Waals surface area contributed by atoms with Crippen molar-refractivity contribution in [1.82, 2.24) is 0 Å². The van der Waals surface area contributed by atoms with Crippen LogP contribution in [0.3, 0.4) is 0 Å². The maximum atomic E-state index is 13.0. The van der Waals surface area contributed by atoms with Gasteiger partial charge in [-0.2, -0.15) is 0 Å². The van der Waals surface area contributed by atoms with E-state index >= 15 is 0 Å². The predicted molar refractivity (Wildman–Crippen MR) is 122 cm³/mol. The summed E-state index contributed by atoms with van der Waals surface area (Å²) in [6.45, 7) is 17.0. The van der Waals surface area contributed by atoms with Crippen molar-refractivity contribution < 1.29 is 38.1 Å². The monoisotopic (exact) mass is 476 g/mol. The molecule has 0 aromatic carbocycles. The highest BCUT2D eigenvalue weighted by atomic mass is 16.7. The van der Waals surface area contributed by atoms with Crippen molar-refractivity contribution >= 4 is 17.9 Å². The molecule has 3 aliphatic heterocycles. The molecule has 0 aromatic rings. The Balaban J connectivity index is 1.68. The van der Waals surface area contributed by atoms with Gasteiger partial charge in [0.15, 0.2) is 5.60 Å². The maximum Gasteiger partial charge on any atom is 0.341 e. The first kappa shape index (κ1) is 24.9. The van der Waals surface area contributed by atoms with Crippen molar-refractivity contribution in [3.8, 4) is 0 Å². The van der Waals surface area contributed by atoms with Crippen molar-refractivity contribution in [3.63, 3.8) is 0 Å². The number of carbonyl (C=O) groups is 3. The fourth-order valence-corrected chi connectivity index (χ4v) is 5.03. The molecular weight excluding hydrogens is 440 g/mol. The highest BCUT2D eigenvalue weighted by Crippen LogP contribution is 2.56. The smallest absolute Gasteiger partial charge is 0.341 e. The molecule has 4 rings (SSSR count). The molecule has 0 spiro atoms. The summed E-state index contributed by atoms with van der Waals surface area (Å²) in [5, 5.41) is 0. The minimum atomic E-state index is -0.995. The second kappa shape index (κ2) is 8.19. The summed E-state index contributed by atoms with van der Waals surface area (Å²) in [5.41, 5.74) is -1.24. The standard InChI is InChI=1S/C26H36O8/c1-9-13(2)21(27)31-18-11-24(6)25(7,34-24)12-19(32-23(29)26(8)16(5)33-26)20-15(4)22(28)30-17(20)10-14(18)3/h10,13,16-20H,4,9,11-12H2,1-3,5-8H3. The zero-order chi connectivity index (χ0) is 25.2. The molecule has 0 N–H and O–H groups in total. The molecule has 34 heavy (non-hydrogen) atoms. The molecule has 9 atom stereocenters. The number of rotatable bonds is 5. The molecule has 8 nitrogen and oxygen atoms in total. The summed E-state index contributed by atoms with van der Waals surface area (Å²) in [5.74, 6) is -2.08. The van der Waals surface area contributed by atoms with Gasteiger partial charge in [0.1, 0.15) is 18.3 Å². The van der Waals surface area contributed by atoms with Crippen LogP contribution < -0.4 is 0 Å². The minimum absolute atomic E-state index is 0.225. The molecule has 9 unspecified atom stereocenters. The molecule has 0 radical (unpaired) electrons. The Morgan fingerprint density at radius 2 is 1.82 bits per heavy atom. The van der Waals surface area contributed by atoms with Crippen LogP contribution in [0.4, 0.5) is 0 Å². The third-order valence-corrected chi connectivity index (χ3v) is 8.37. The van der Waals surface area contributed by atoms with Gasteiger partial charge in [-0.15, -0.1) is 0 Å². The van der Waals surface area contributed by atoms with Gasteiger partial charge in [-0.25, -0.2) is 9.59 Å². The zero-order valence-corrected chi connectivity index (χ0v) is 21.1. The van der Waals surface area contributed by atoms with Crippen LogP contribution >= 0.6 is 0 Å². The molecule has 188 valence electrons. The van der Waals surface area contributed by atoms with E-state index in [4.69, 9.17) is 23.7 Å². The number of esters is 3. The van der Waals surface area contributed by atoms with Crippen LogP contribution in [-0.4, -0.2) is 59.1 Å². The van der Waals surface area contributed by atoms with Gasteiger partial charge in [-0.05, 0) is 52.7 Å². The van der Waals surface area contributed by atoms with Gasteiger partial charge in [0.2, 0.25) is 0 Å². The lowest BCUT2D eigenvalue weighted by molar-refractivity contribution is -0.159. The molecule has 3 saturated heterocycles. The van der Waals surface area contributed by atoms with Gasteiger partial charge < -0.3 is 23.7 Å². The molecule has 0 bridgehead atoms. The van der Waals surface area contributed by atoms with Crippen LogP contribution in [0.5, 0.6) is 0 Å². The van der Waals surface area contributed by atoms with E-state index in [-0.39, 0.29) is 23.6 Å². The van der Waals surface area contributed by atoms with Gasteiger partial charge in [0.05, 0.1) is 29.1 Å². The highest BCUT2D eigenvalue weighted by molar-refractivity contribution is 5.91. The van der Waals surface area contributed by atoms with Gasteiger partial charge in [-0.3, -0.25) is 4.79 Å². The average Bonchev–Trinajstić information content (AvgIpc) is 3.50. The van der Waals surface area contributed by atoms with E-state index < -0.39 is 53.0 Å². The molecular formula is C26H36O8. The number of hydrogen-bond donors (Lipinski definition) is 0. The molecule has 3 heterocycles. The summed E-state index contributed by atoms with van der Waals surface area (Å²) in [6, 6.07) is 0. The van der Waals surface area contributed by atoms with E-state index in [1.165, 1.54) is 0 Å². The van der Waals surface area contributed by atoms with E-state index in [2.05, 4.69) is 6.58 Å². The molecule has 3 fully saturated rings. The molecule has 0 amide bonds. The van der Waals surface area contributed by atoms with Crippen molar-refractivity contribution in [2.75, 3.05) is 0 Å². The van der Waals surface area contributed by atoms with Gasteiger partial charge in [0.25, 0.3) is 0 Å². The first-order valence-corrected chi connectivity index (χ1v) is 12.1. The number of epoxide rings is 2. The van der Waals surface area contributed by atoms with Gasteiger partial charge in [-0.1, -0.05) is 20.4 Å². The Kier molecular flexibility index (Phi) is 6.00. The normalized spacial score (nSPS) is 44.1. The first-order chi connectivity index (χ1) is 15.7. The summed E-state index contributed by atoms with van der Waals surface area (Å²) in [7, 11) is 0. The Bertz CT molecular complexity index is 954. The minimum Gasteiger partial charge on any atom is -0.459 e. The van der Waals surface area contributed by atoms with Crippen LogP contribution in [0, 0.1) is 11.8 Å². The SMILES string of the molecule is C=C1C(=O)OC2C=C(C)C(OC(=O)C(C)CC)CC3(C)OC3(C)CC(OC(=O)C3(C)OC3C)C12. The summed E-state index contributed by atoms with van der Waals surface area (Å²) < 4.78 is 29.2. The second-order valence-corrected chi connectivity index (χ2v) is 10.8. The highest BCUT2D eigenvalue weighted by Gasteiger charge is 2.67.